The first-order valence-corrected chi connectivity index (χ1v) is 7.57. The van der Waals surface area contributed by atoms with Gasteiger partial charge in [-0.3, -0.25) is 14.5 Å². The molecule has 0 aromatic carbocycles. The van der Waals surface area contributed by atoms with E-state index in [0.29, 0.717) is 18.9 Å². The van der Waals surface area contributed by atoms with E-state index in [1.54, 1.807) is 0 Å². The van der Waals surface area contributed by atoms with E-state index in [1.807, 2.05) is 17.1 Å². The topological polar surface area (TPSA) is 60.9 Å². The third-order valence-corrected chi connectivity index (χ3v) is 4.97. The first kappa shape index (κ1) is 13.6. The van der Waals surface area contributed by atoms with Gasteiger partial charge in [0.25, 0.3) is 0 Å². The standard InChI is InChI=1S/C15H22N2O3/c18-14(12-5-1-2-6-13(12)15(19)20)17-9-8-16-7-3-4-11(16)10-17/h1-2,11-13H,3-10H2,(H,19,20). The van der Waals surface area contributed by atoms with Gasteiger partial charge in [-0.2, -0.15) is 0 Å². The van der Waals surface area contributed by atoms with Crippen molar-refractivity contribution in [2.24, 2.45) is 11.8 Å². The maximum Gasteiger partial charge on any atom is 0.307 e. The average Bonchev–Trinajstić information content (AvgIpc) is 2.93. The molecule has 110 valence electrons. The lowest BCUT2D eigenvalue weighted by Crippen LogP contribution is -2.54. The van der Waals surface area contributed by atoms with Gasteiger partial charge < -0.3 is 10.0 Å². The fourth-order valence-electron chi connectivity index (χ4n) is 3.79. The van der Waals surface area contributed by atoms with Gasteiger partial charge in [0.1, 0.15) is 0 Å². The van der Waals surface area contributed by atoms with Crippen LogP contribution in [0.2, 0.25) is 0 Å². The number of rotatable bonds is 2. The molecule has 2 heterocycles. The predicted molar refractivity (Wildman–Crippen MR) is 74.2 cm³/mol. The highest BCUT2D eigenvalue weighted by atomic mass is 16.4. The fraction of sp³-hybridized carbons (Fsp3) is 0.733. The molecular weight excluding hydrogens is 256 g/mol. The summed E-state index contributed by atoms with van der Waals surface area (Å²) in [5, 5.41) is 9.29. The van der Waals surface area contributed by atoms with Crippen molar-refractivity contribution in [2.75, 3.05) is 26.2 Å². The zero-order valence-corrected chi connectivity index (χ0v) is 11.7. The Kier molecular flexibility index (Phi) is 3.78. The Bertz CT molecular complexity index is 435. The van der Waals surface area contributed by atoms with Gasteiger partial charge in [0.15, 0.2) is 0 Å². The van der Waals surface area contributed by atoms with Crippen LogP contribution in [-0.2, 0) is 9.59 Å². The zero-order chi connectivity index (χ0) is 14.1. The minimum atomic E-state index is -0.841. The maximum absolute atomic E-state index is 12.7. The molecule has 2 saturated heterocycles. The van der Waals surface area contributed by atoms with E-state index in [0.717, 1.165) is 32.6 Å². The van der Waals surface area contributed by atoms with E-state index in [4.69, 9.17) is 0 Å². The summed E-state index contributed by atoms with van der Waals surface area (Å²) in [7, 11) is 0. The van der Waals surface area contributed by atoms with Crippen molar-refractivity contribution in [1.82, 2.24) is 9.80 Å². The molecule has 2 fully saturated rings. The Morgan fingerprint density at radius 1 is 1.05 bits per heavy atom. The number of allylic oxidation sites excluding steroid dienone is 2. The van der Waals surface area contributed by atoms with Gasteiger partial charge in [-0.05, 0) is 32.2 Å². The van der Waals surface area contributed by atoms with Gasteiger partial charge in [0.2, 0.25) is 5.91 Å². The SMILES string of the molecule is O=C(O)C1CC=CCC1C(=O)N1CCN2CCCC2C1. The summed E-state index contributed by atoms with van der Waals surface area (Å²) in [6.45, 7) is 3.63. The summed E-state index contributed by atoms with van der Waals surface area (Å²) in [5.41, 5.74) is 0. The van der Waals surface area contributed by atoms with Crippen LogP contribution in [-0.4, -0.2) is 59.0 Å². The van der Waals surface area contributed by atoms with Crippen LogP contribution in [0.1, 0.15) is 25.7 Å². The van der Waals surface area contributed by atoms with Crippen LogP contribution in [0.3, 0.4) is 0 Å². The minimum Gasteiger partial charge on any atom is -0.481 e. The van der Waals surface area contributed by atoms with Crippen LogP contribution in [0.25, 0.3) is 0 Å². The monoisotopic (exact) mass is 278 g/mol. The molecule has 3 atom stereocenters. The lowest BCUT2D eigenvalue weighted by molar-refractivity contribution is -0.151. The Morgan fingerprint density at radius 2 is 1.80 bits per heavy atom. The van der Waals surface area contributed by atoms with Crippen molar-refractivity contribution < 1.29 is 14.7 Å². The van der Waals surface area contributed by atoms with Gasteiger partial charge in [0, 0.05) is 25.7 Å². The van der Waals surface area contributed by atoms with E-state index in [-0.39, 0.29) is 11.8 Å². The van der Waals surface area contributed by atoms with Crippen LogP contribution in [0.5, 0.6) is 0 Å². The van der Waals surface area contributed by atoms with Crippen molar-refractivity contribution in [3.63, 3.8) is 0 Å². The second-order valence-corrected chi connectivity index (χ2v) is 6.11. The van der Waals surface area contributed by atoms with Gasteiger partial charge in [-0.15, -0.1) is 0 Å². The molecule has 5 nitrogen and oxygen atoms in total. The second-order valence-electron chi connectivity index (χ2n) is 6.11. The minimum absolute atomic E-state index is 0.0494. The molecule has 1 amide bonds. The number of carbonyl (C=O) groups is 2. The number of aliphatic carboxylic acids is 1. The van der Waals surface area contributed by atoms with Gasteiger partial charge in [-0.1, -0.05) is 12.2 Å². The number of piperazine rings is 1. The van der Waals surface area contributed by atoms with Gasteiger partial charge in [-0.25, -0.2) is 0 Å². The molecule has 20 heavy (non-hydrogen) atoms. The lowest BCUT2D eigenvalue weighted by Gasteiger charge is -2.40. The van der Waals surface area contributed by atoms with Crippen molar-refractivity contribution in [1.29, 1.82) is 0 Å². The highest BCUT2D eigenvalue weighted by Crippen LogP contribution is 2.29. The van der Waals surface area contributed by atoms with Crippen molar-refractivity contribution in [3.05, 3.63) is 12.2 Å². The fourth-order valence-corrected chi connectivity index (χ4v) is 3.79. The third kappa shape index (κ3) is 2.46. The molecule has 0 aromatic heterocycles. The molecule has 0 bridgehead atoms. The number of carboxylic acid groups (broad SMARTS) is 1. The Morgan fingerprint density at radius 3 is 2.55 bits per heavy atom. The van der Waals surface area contributed by atoms with Crippen LogP contribution < -0.4 is 0 Å². The number of fused-ring (bicyclic) bond motifs is 1. The van der Waals surface area contributed by atoms with Crippen LogP contribution >= 0.6 is 0 Å². The highest BCUT2D eigenvalue weighted by molar-refractivity contribution is 5.85. The first-order valence-electron chi connectivity index (χ1n) is 7.57. The Labute approximate surface area is 119 Å². The molecule has 0 saturated carbocycles. The molecule has 0 aromatic rings. The largest absolute Gasteiger partial charge is 0.481 e. The van der Waals surface area contributed by atoms with Gasteiger partial charge in [0.05, 0.1) is 11.8 Å². The molecule has 2 aliphatic heterocycles. The molecule has 0 spiro atoms. The Balaban J connectivity index is 1.68. The van der Waals surface area contributed by atoms with E-state index in [1.165, 1.54) is 6.42 Å². The number of hydrogen-bond acceptors (Lipinski definition) is 3. The molecule has 3 rings (SSSR count). The second kappa shape index (κ2) is 5.56. The van der Waals surface area contributed by atoms with Crippen LogP contribution in [0.15, 0.2) is 12.2 Å². The average molecular weight is 278 g/mol. The van der Waals surface area contributed by atoms with E-state index < -0.39 is 11.9 Å². The molecule has 1 aliphatic carbocycles. The summed E-state index contributed by atoms with van der Waals surface area (Å²) in [6.07, 6.45) is 7.27. The predicted octanol–water partition coefficient (Wildman–Crippen LogP) is 0.960. The lowest BCUT2D eigenvalue weighted by atomic mass is 9.82. The third-order valence-electron chi connectivity index (χ3n) is 4.97. The van der Waals surface area contributed by atoms with Crippen LogP contribution in [0.4, 0.5) is 0 Å². The summed E-state index contributed by atoms with van der Waals surface area (Å²) in [5.74, 6) is -1.71. The maximum atomic E-state index is 12.7. The molecule has 1 N–H and O–H groups in total. The summed E-state index contributed by atoms with van der Waals surface area (Å²) < 4.78 is 0. The van der Waals surface area contributed by atoms with E-state index in [9.17, 15) is 14.7 Å². The number of carbonyl (C=O) groups excluding carboxylic acids is 1. The smallest absolute Gasteiger partial charge is 0.307 e. The number of nitrogens with zero attached hydrogens (tertiary/aromatic N) is 2. The highest BCUT2D eigenvalue weighted by Gasteiger charge is 2.39. The van der Waals surface area contributed by atoms with Crippen molar-refractivity contribution >= 4 is 11.9 Å². The van der Waals surface area contributed by atoms with Crippen molar-refractivity contribution in [2.45, 2.75) is 31.7 Å². The molecule has 5 heteroatoms. The molecule has 0 radical (unpaired) electrons. The number of hydrogen-bond donors (Lipinski definition) is 1. The molecule has 3 aliphatic rings. The van der Waals surface area contributed by atoms with E-state index >= 15 is 0 Å². The van der Waals surface area contributed by atoms with Crippen LogP contribution in [0, 0.1) is 11.8 Å². The van der Waals surface area contributed by atoms with E-state index in [2.05, 4.69) is 4.90 Å². The summed E-state index contributed by atoms with van der Waals surface area (Å²) in [6, 6.07) is 0.495. The van der Waals surface area contributed by atoms with Gasteiger partial charge >= 0.3 is 5.97 Å². The number of carboxylic acids is 1. The molecular formula is C15H22N2O3. The summed E-state index contributed by atoms with van der Waals surface area (Å²) >= 11 is 0. The number of amides is 1. The normalized spacial score (nSPS) is 34.0. The van der Waals surface area contributed by atoms with Crippen molar-refractivity contribution in [3.8, 4) is 0 Å². The first-order chi connectivity index (χ1) is 9.66. The Hall–Kier alpha value is -1.36. The quantitative estimate of drug-likeness (QED) is 0.764. The summed E-state index contributed by atoms with van der Waals surface area (Å²) in [4.78, 5) is 28.4. The molecule has 3 unspecified atom stereocenters. The zero-order valence-electron chi connectivity index (χ0n) is 11.7.